The molecule has 2 saturated heterocycles. The third-order valence-corrected chi connectivity index (χ3v) is 6.34. The second-order valence-corrected chi connectivity index (χ2v) is 7.81. The molecule has 0 spiro atoms. The van der Waals surface area contributed by atoms with Crippen LogP contribution in [0.4, 0.5) is 0 Å². The van der Waals surface area contributed by atoms with E-state index in [1.165, 1.54) is 28.4 Å². The van der Waals surface area contributed by atoms with Gasteiger partial charge in [-0.05, 0) is 18.9 Å². The third kappa shape index (κ3) is 3.40. The number of thiazole rings is 1. The average Bonchev–Trinajstić information content (AvgIpc) is 3.25. The van der Waals surface area contributed by atoms with E-state index < -0.39 is 0 Å². The average molecular weight is 343 g/mol. The Labute approximate surface area is 148 Å². The van der Waals surface area contributed by atoms with Crippen LogP contribution in [0.5, 0.6) is 0 Å². The molecule has 0 saturated carbocycles. The lowest BCUT2D eigenvalue weighted by molar-refractivity contribution is 0.00983. The fraction of sp³-hybridized carbons (Fsp3) is 0.526. The van der Waals surface area contributed by atoms with Gasteiger partial charge in [0.1, 0.15) is 5.01 Å². The minimum Gasteiger partial charge on any atom is -0.379 e. The van der Waals surface area contributed by atoms with Crippen LogP contribution in [-0.4, -0.2) is 59.7 Å². The van der Waals surface area contributed by atoms with E-state index in [9.17, 15) is 0 Å². The zero-order chi connectivity index (χ0) is 16.4. The summed E-state index contributed by atoms with van der Waals surface area (Å²) in [7, 11) is 0. The lowest BCUT2D eigenvalue weighted by Gasteiger charge is -2.35. The van der Waals surface area contributed by atoms with Gasteiger partial charge in [0.15, 0.2) is 0 Å². The molecular formula is C19H25N3OS. The van der Waals surface area contributed by atoms with Crippen molar-refractivity contribution in [3.63, 3.8) is 0 Å². The van der Waals surface area contributed by atoms with E-state index in [4.69, 9.17) is 4.74 Å². The van der Waals surface area contributed by atoms with Gasteiger partial charge in [-0.15, -0.1) is 11.3 Å². The number of hydrogen-bond acceptors (Lipinski definition) is 5. The number of benzene rings is 1. The molecule has 0 radical (unpaired) electrons. The normalized spacial score (nSPS) is 26.0. The van der Waals surface area contributed by atoms with Crippen molar-refractivity contribution in [1.82, 2.24) is 14.8 Å². The molecule has 1 aromatic heterocycles. The molecule has 0 amide bonds. The van der Waals surface area contributed by atoms with Crippen LogP contribution in [0.25, 0.3) is 10.4 Å². The maximum atomic E-state index is 5.50. The van der Waals surface area contributed by atoms with Crippen molar-refractivity contribution in [2.24, 2.45) is 0 Å². The maximum Gasteiger partial charge on any atom is 0.107 e. The molecule has 128 valence electrons. The molecule has 2 atom stereocenters. The molecule has 1 aromatic carbocycles. The van der Waals surface area contributed by atoms with Gasteiger partial charge < -0.3 is 4.74 Å². The highest BCUT2D eigenvalue weighted by molar-refractivity contribution is 7.15. The number of ether oxygens (including phenoxy) is 1. The SMILES string of the molecule is C[C@@H]1[C@H](N2CCOCC2)CCN1Cc1ncc(-c2ccccc2)s1. The predicted molar refractivity (Wildman–Crippen MR) is 98.2 cm³/mol. The Morgan fingerprint density at radius 2 is 1.96 bits per heavy atom. The van der Waals surface area contributed by atoms with Crippen LogP contribution in [0.3, 0.4) is 0 Å². The van der Waals surface area contributed by atoms with Crippen molar-refractivity contribution in [2.75, 3.05) is 32.8 Å². The summed E-state index contributed by atoms with van der Waals surface area (Å²) >= 11 is 1.83. The molecule has 0 bridgehead atoms. The highest BCUT2D eigenvalue weighted by atomic mass is 32.1. The first-order valence-electron chi connectivity index (χ1n) is 8.87. The standard InChI is InChI=1S/C19H25N3OS/c1-15-17(21-9-11-23-12-10-21)7-8-22(15)14-19-20-13-18(24-19)16-5-3-2-4-6-16/h2-6,13,15,17H,7-12,14H2,1H3/t15-,17-/m1/s1. The summed E-state index contributed by atoms with van der Waals surface area (Å²) in [6.45, 7) is 8.45. The highest BCUT2D eigenvalue weighted by Gasteiger charge is 2.35. The topological polar surface area (TPSA) is 28.6 Å². The third-order valence-electron chi connectivity index (χ3n) is 5.31. The first-order chi connectivity index (χ1) is 11.8. The van der Waals surface area contributed by atoms with E-state index in [2.05, 4.69) is 52.0 Å². The van der Waals surface area contributed by atoms with Gasteiger partial charge in [0.2, 0.25) is 0 Å². The van der Waals surface area contributed by atoms with Crippen molar-refractivity contribution in [3.8, 4) is 10.4 Å². The minimum atomic E-state index is 0.590. The molecule has 4 nitrogen and oxygen atoms in total. The number of aromatic nitrogens is 1. The van der Waals surface area contributed by atoms with Crippen LogP contribution < -0.4 is 0 Å². The number of hydrogen-bond donors (Lipinski definition) is 0. The zero-order valence-corrected chi connectivity index (χ0v) is 15.0. The van der Waals surface area contributed by atoms with Crippen LogP contribution in [-0.2, 0) is 11.3 Å². The van der Waals surface area contributed by atoms with Crippen LogP contribution >= 0.6 is 11.3 Å². The van der Waals surface area contributed by atoms with Gasteiger partial charge >= 0.3 is 0 Å². The Morgan fingerprint density at radius 3 is 2.75 bits per heavy atom. The summed E-state index contributed by atoms with van der Waals surface area (Å²) in [5, 5.41) is 1.23. The minimum absolute atomic E-state index is 0.590. The molecule has 2 aromatic rings. The number of rotatable bonds is 4. The second-order valence-electron chi connectivity index (χ2n) is 6.70. The van der Waals surface area contributed by atoms with Crippen molar-refractivity contribution < 1.29 is 4.74 Å². The van der Waals surface area contributed by atoms with E-state index in [1.54, 1.807) is 0 Å². The lowest BCUT2D eigenvalue weighted by Crippen LogP contribution is -2.48. The van der Waals surface area contributed by atoms with E-state index in [0.29, 0.717) is 12.1 Å². The van der Waals surface area contributed by atoms with E-state index in [0.717, 1.165) is 32.8 Å². The Bertz CT molecular complexity index is 654. The van der Waals surface area contributed by atoms with Crippen molar-refractivity contribution in [2.45, 2.75) is 32.0 Å². The monoisotopic (exact) mass is 343 g/mol. The van der Waals surface area contributed by atoms with Gasteiger partial charge in [-0.2, -0.15) is 0 Å². The van der Waals surface area contributed by atoms with Crippen molar-refractivity contribution in [1.29, 1.82) is 0 Å². The zero-order valence-electron chi connectivity index (χ0n) is 14.2. The Morgan fingerprint density at radius 1 is 1.17 bits per heavy atom. The van der Waals surface area contributed by atoms with E-state index >= 15 is 0 Å². The molecule has 4 rings (SSSR count). The molecule has 2 aliphatic rings. The summed E-state index contributed by atoms with van der Waals surface area (Å²) < 4.78 is 5.50. The molecule has 2 aliphatic heterocycles. The first kappa shape index (κ1) is 16.2. The van der Waals surface area contributed by atoms with Crippen LogP contribution in [0.1, 0.15) is 18.4 Å². The molecule has 3 heterocycles. The second kappa shape index (κ2) is 7.31. The molecule has 0 N–H and O–H groups in total. The molecule has 0 unspecified atom stereocenters. The fourth-order valence-electron chi connectivity index (χ4n) is 3.90. The molecule has 24 heavy (non-hydrogen) atoms. The quantitative estimate of drug-likeness (QED) is 0.853. The largest absolute Gasteiger partial charge is 0.379 e. The van der Waals surface area contributed by atoms with Gasteiger partial charge in [0.25, 0.3) is 0 Å². The van der Waals surface area contributed by atoms with Gasteiger partial charge in [0, 0.05) is 37.9 Å². The van der Waals surface area contributed by atoms with Crippen molar-refractivity contribution >= 4 is 11.3 Å². The summed E-state index contributed by atoms with van der Waals surface area (Å²) in [4.78, 5) is 11.1. The maximum absolute atomic E-state index is 5.50. The summed E-state index contributed by atoms with van der Waals surface area (Å²) in [6.07, 6.45) is 3.29. The highest BCUT2D eigenvalue weighted by Crippen LogP contribution is 2.29. The molecule has 0 aliphatic carbocycles. The van der Waals surface area contributed by atoms with Crippen molar-refractivity contribution in [3.05, 3.63) is 41.5 Å². The molecular weight excluding hydrogens is 318 g/mol. The molecule has 2 fully saturated rings. The summed E-state index contributed by atoms with van der Waals surface area (Å²) in [6, 6.07) is 11.8. The van der Waals surface area contributed by atoms with Gasteiger partial charge in [-0.1, -0.05) is 30.3 Å². The Kier molecular flexibility index (Phi) is 4.94. The summed E-state index contributed by atoms with van der Waals surface area (Å²) in [5.41, 5.74) is 1.27. The lowest BCUT2D eigenvalue weighted by atomic mass is 10.1. The van der Waals surface area contributed by atoms with E-state index in [1.807, 2.05) is 17.5 Å². The fourth-order valence-corrected chi connectivity index (χ4v) is 4.85. The van der Waals surface area contributed by atoms with Crippen LogP contribution in [0.15, 0.2) is 36.5 Å². The summed E-state index contributed by atoms with van der Waals surface area (Å²) in [5.74, 6) is 0. The molecule has 5 heteroatoms. The van der Waals surface area contributed by atoms with E-state index in [-0.39, 0.29) is 0 Å². The number of morpholine rings is 1. The predicted octanol–water partition coefficient (Wildman–Crippen LogP) is 3.11. The van der Waals surface area contributed by atoms with Crippen LogP contribution in [0.2, 0.25) is 0 Å². The Balaban J connectivity index is 1.40. The smallest absolute Gasteiger partial charge is 0.107 e. The first-order valence-corrected chi connectivity index (χ1v) is 9.69. The van der Waals surface area contributed by atoms with Crippen LogP contribution in [0, 0.1) is 0 Å². The van der Waals surface area contributed by atoms with Gasteiger partial charge in [-0.25, -0.2) is 4.98 Å². The Hall–Kier alpha value is -1.27. The number of likely N-dealkylation sites (tertiary alicyclic amines) is 1. The van der Waals surface area contributed by atoms with Gasteiger partial charge in [-0.3, -0.25) is 9.80 Å². The van der Waals surface area contributed by atoms with Gasteiger partial charge in [0.05, 0.1) is 24.6 Å². The number of nitrogens with zero attached hydrogens (tertiary/aromatic N) is 3.